The number of aliphatic hydroxyl groups excluding tert-OH is 6. The second-order valence-corrected chi connectivity index (χ2v) is 6.85. The van der Waals surface area contributed by atoms with Gasteiger partial charge in [-0.3, -0.25) is 0 Å². The van der Waals surface area contributed by atoms with Crippen molar-refractivity contribution in [3.63, 3.8) is 0 Å². The largest absolute Gasteiger partial charge is 0.472 e. The Bertz CT molecular complexity index is 538. The molecule has 10 nitrogen and oxygen atoms in total. The number of aliphatic hydroxyl groups is 6. The summed E-state index contributed by atoms with van der Waals surface area (Å²) in [6.07, 6.45) is -8.12. The highest BCUT2D eigenvalue weighted by Crippen LogP contribution is 2.53. The van der Waals surface area contributed by atoms with Crippen LogP contribution >= 0.6 is 0 Å². The fraction of sp³-hybridized carbons (Fsp3) is 0.867. The first kappa shape index (κ1) is 17.6. The van der Waals surface area contributed by atoms with E-state index in [0.29, 0.717) is 5.57 Å². The van der Waals surface area contributed by atoms with Crippen LogP contribution in [0.25, 0.3) is 0 Å². The maximum atomic E-state index is 10.3. The van der Waals surface area contributed by atoms with Crippen LogP contribution in [0.2, 0.25) is 0 Å². The van der Waals surface area contributed by atoms with Crippen molar-refractivity contribution in [2.75, 3.05) is 13.2 Å². The van der Waals surface area contributed by atoms with Crippen LogP contribution in [0, 0.1) is 11.8 Å². The minimum Gasteiger partial charge on any atom is -0.472 e. The SMILES string of the molecule is OCC1=COC(OC2OC(CO)C(O)C(O)C2O)C2C3OC3C(O)C12. The van der Waals surface area contributed by atoms with Gasteiger partial charge in [-0.1, -0.05) is 0 Å². The number of hydrogen-bond donors (Lipinski definition) is 6. The Morgan fingerprint density at radius 2 is 1.64 bits per heavy atom. The molecule has 10 heteroatoms. The maximum Gasteiger partial charge on any atom is 0.207 e. The van der Waals surface area contributed by atoms with Gasteiger partial charge in [-0.15, -0.1) is 0 Å². The molecule has 0 aromatic heterocycles. The van der Waals surface area contributed by atoms with E-state index < -0.39 is 61.5 Å². The Labute approximate surface area is 142 Å². The van der Waals surface area contributed by atoms with Crippen LogP contribution in [0.5, 0.6) is 0 Å². The molecule has 0 bridgehead atoms. The first-order valence-electron chi connectivity index (χ1n) is 8.22. The predicted octanol–water partition coefficient (Wildman–Crippen LogP) is -3.59. The zero-order chi connectivity index (χ0) is 17.9. The fourth-order valence-electron chi connectivity index (χ4n) is 4.05. The van der Waals surface area contributed by atoms with Gasteiger partial charge in [0.2, 0.25) is 6.29 Å². The zero-order valence-electron chi connectivity index (χ0n) is 13.2. The van der Waals surface area contributed by atoms with Gasteiger partial charge < -0.3 is 49.6 Å². The molecule has 142 valence electrons. The van der Waals surface area contributed by atoms with Gasteiger partial charge in [0.05, 0.1) is 37.6 Å². The van der Waals surface area contributed by atoms with Crippen molar-refractivity contribution in [3.8, 4) is 0 Å². The molecular formula is C15H22O10. The average Bonchev–Trinajstić information content (AvgIpc) is 3.36. The van der Waals surface area contributed by atoms with E-state index in [1.54, 1.807) is 0 Å². The summed E-state index contributed by atoms with van der Waals surface area (Å²) in [5.41, 5.74) is 0.530. The molecule has 4 aliphatic rings. The molecule has 11 atom stereocenters. The van der Waals surface area contributed by atoms with E-state index in [0.717, 1.165) is 0 Å². The van der Waals surface area contributed by atoms with E-state index in [-0.39, 0.29) is 18.8 Å². The normalized spacial score (nSPS) is 54.3. The smallest absolute Gasteiger partial charge is 0.207 e. The van der Waals surface area contributed by atoms with Crippen molar-refractivity contribution in [2.24, 2.45) is 11.8 Å². The van der Waals surface area contributed by atoms with Gasteiger partial charge in [-0.2, -0.15) is 0 Å². The summed E-state index contributed by atoms with van der Waals surface area (Å²) in [6, 6.07) is 0. The van der Waals surface area contributed by atoms with Crippen LogP contribution in [0.1, 0.15) is 0 Å². The molecule has 6 N–H and O–H groups in total. The monoisotopic (exact) mass is 362 g/mol. The number of rotatable bonds is 4. The second-order valence-electron chi connectivity index (χ2n) is 6.85. The summed E-state index contributed by atoms with van der Waals surface area (Å²) in [6.45, 7) is -0.839. The maximum absolute atomic E-state index is 10.3. The lowest BCUT2D eigenvalue weighted by atomic mass is 9.85. The van der Waals surface area contributed by atoms with Crippen LogP contribution in [-0.4, -0.2) is 99.2 Å². The van der Waals surface area contributed by atoms with Gasteiger partial charge in [0, 0.05) is 5.92 Å². The molecule has 0 aromatic rings. The first-order valence-corrected chi connectivity index (χ1v) is 8.22. The zero-order valence-corrected chi connectivity index (χ0v) is 13.2. The number of ether oxygens (including phenoxy) is 4. The highest BCUT2D eigenvalue weighted by Gasteiger charge is 2.66. The summed E-state index contributed by atoms with van der Waals surface area (Å²) in [5.74, 6) is -0.822. The molecular weight excluding hydrogens is 340 g/mol. The van der Waals surface area contributed by atoms with Gasteiger partial charge in [-0.05, 0) is 5.57 Å². The highest BCUT2D eigenvalue weighted by molar-refractivity contribution is 5.23. The van der Waals surface area contributed by atoms with Crippen molar-refractivity contribution in [2.45, 2.75) is 55.3 Å². The van der Waals surface area contributed by atoms with Gasteiger partial charge in [0.25, 0.3) is 0 Å². The van der Waals surface area contributed by atoms with Crippen LogP contribution in [0.3, 0.4) is 0 Å². The summed E-state index contributed by atoms with van der Waals surface area (Å²) in [7, 11) is 0. The Morgan fingerprint density at radius 1 is 0.880 bits per heavy atom. The Morgan fingerprint density at radius 3 is 2.32 bits per heavy atom. The minimum atomic E-state index is -1.56. The van der Waals surface area contributed by atoms with E-state index in [9.17, 15) is 30.6 Å². The molecule has 4 rings (SSSR count). The summed E-state index contributed by atoms with van der Waals surface area (Å²) < 4.78 is 21.9. The van der Waals surface area contributed by atoms with E-state index in [4.69, 9.17) is 18.9 Å². The third kappa shape index (κ3) is 2.69. The summed E-state index contributed by atoms with van der Waals surface area (Å²) in [5, 5.41) is 58.7. The molecule has 0 aromatic carbocycles. The van der Waals surface area contributed by atoms with Crippen molar-refractivity contribution >= 4 is 0 Å². The van der Waals surface area contributed by atoms with Gasteiger partial charge in [0.1, 0.15) is 30.5 Å². The van der Waals surface area contributed by atoms with Crippen molar-refractivity contribution < 1.29 is 49.6 Å². The number of hydrogen-bond acceptors (Lipinski definition) is 10. The quantitative estimate of drug-likeness (QED) is 0.276. The topological polar surface area (TPSA) is 162 Å². The molecule has 0 spiro atoms. The predicted molar refractivity (Wildman–Crippen MR) is 76.5 cm³/mol. The summed E-state index contributed by atoms with van der Waals surface area (Å²) in [4.78, 5) is 0. The Hall–Kier alpha value is -0.820. The fourth-order valence-corrected chi connectivity index (χ4v) is 4.05. The molecule has 3 heterocycles. The standard InChI is InChI=1S/C15H22O10/c16-1-4-3-22-14(7-6(4)9(19)13-12(7)24-13)25-15-11(21)10(20)8(18)5(2-17)23-15/h3,5-21H,1-2H2. The van der Waals surface area contributed by atoms with Crippen LogP contribution < -0.4 is 0 Å². The lowest BCUT2D eigenvalue weighted by Crippen LogP contribution is -2.60. The molecule has 0 radical (unpaired) electrons. The summed E-state index contributed by atoms with van der Waals surface area (Å²) >= 11 is 0. The van der Waals surface area contributed by atoms with E-state index in [1.165, 1.54) is 6.26 Å². The third-order valence-electron chi connectivity index (χ3n) is 5.46. The van der Waals surface area contributed by atoms with E-state index in [2.05, 4.69) is 0 Å². The van der Waals surface area contributed by atoms with Crippen LogP contribution in [-0.2, 0) is 18.9 Å². The van der Waals surface area contributed by atoms with Crippen molar-refractivity contribution in [3.05, 3.63) is 11.8 Å². The van der Waals surface area contributed by atoms with Gasteiger partial charge in [-0.25, -0.2) is 0 Å². The molecule has 1 saturated carbocycles. The van der Waals surface area contributed by atoms with Crippen molar-refractivity contribution in [1.29, 1.82) is 0 Å². The Kier molecular flexibility index (Phi) is 4.51. The molecule has 25 heavy (non-hydrogen) atoms. The molecule has 2 saturated heterocycles. The van der Waals surface area contributed by atoms with Gasteiger partial charge in [0.15, 0.2) is 6.29 Å². The van der Waals surface area contributed by atoms with E-state index >= 15 is 0 Å². The molecule has 3 fully saturated rings. The number of fused-ring (bicyclic) bond motifs is 3. The highest BCUT2D eigenvalue weighted by atomic mass is 16.8. The first-order chi connectivity index (χ1) is 12.0. The van der Waals surface area contributed by atoms with Crippen LogP contribution in [0.15, 0.2) is 11.8 Å². The molecule has 1 aliphatic carbocycles. The average molecular weight is 362 g/mol. The lowest BCUT2D eigenvalue weighted by molar-refractivity contribution is -0.343. The minimum absolute atomic E-state index is 0.273. The third-order valence-corrected chi connectivity index (χ3v) is 5.46. The van der Waals surface area contributed by atoms with Gasteiger partial charge >= 0.3 is 0 Å². The van der Waals surface area contributed by atoms with Crippen molar-refractivity contribution in [1.82, 2.24) is 0 Å². The molecule has 3 aliphatic heterocycles. The lowest BCUT2D eigenvalue weighted by Gasteiger charge is -2.43. The second kappa shape index (κ2) is 6.41. The Balaban J connectivity index is 1.51. The number of epoxide rings is 1. The van der Waals surface area contributed by atoms with E-state index in [1.807, 2.05) is 0 Å². The van der Waals surface area contributed by atoms with Crippen LogP contribution in [0.4, 0.5) is 0 Å². The molecule has 0 amide bonds. The molecule has 11 unspecified atom stereocenters.